The molecule has 0 bridgehead atoms. The molecule has 98 valence electrons. The van der Waals surface area contributed by atoms with Gasteiger partial charge in [-0.05, 0) is 13.8 Å². The van der Waals surface area contributed by atoms with Gasteiger partial charge in [-0.2, -0.15) is 0 Å². The van der Waals surface area contributed by atoms with Crippen molar-refractivity contribution in [1.82, 2.24) is 14.7 Å². The highest BCUT2D eigenvalue weighted by atomic mass is 16.3. The van der Waals surface area contributed by atoms with Crippen LogP contribution in [0.4, 0.5) is 0 Å². The number of rotatable bonds is 6. The summed E-state index contributed by atoms with van der Waals surface area (Å²) in [6.07, 6.45) is 0. The summed E-state index contributed by atoms with van der Waals surface area (Å²) in [6, 6.07) is 0. The summed E-state index contributed by atoms with van der Waals surface area (Å²) in [5.41, 5.74) is 0. The zero-order valence-corrected chi connectivity index (χ0v) is 10.5. The van der Waals surface area contributed by atoms with Crippen LogP contribution in [0, 0.1) is 13.8 Å². The minimum Gasteiger partial charge on any atom is -0.395 e. The van der Waals surface area contributed by atoms with Crippen LogP contribution >= 0.6 is 0 Å². The van der Waals surface area contributed by atoms with E-state index in [0.717, 1.165) is 32.7 Å². The van der Waals surface area contributed by atoms with Crippen molar-refractivity contribution in [2.24, 2.45) is 0 Å². The van der Waals surface area contributed by atoms with Gasteiger partial charge in [0.05, 0.1) is 13.2 Å². The van der Waals surface area contributed by atoms with Gasteiger partial charge >= 0.3 is 0 Å². The van der Waals surface area contributed by atoms with E-state index in [1.54, 1.807) is 4.90 Å². The fourth-order valence-corrected chi connectivity index (χ4v) is 1.96. The second kappa shape index (κ2) is 7.63. The Balaban J connectivity index is 2.27. The molecule has 5 nitrogen and oxygen atoms in total. The van der Waals surface area contributed by atoms with Gasteiger partial charge in [-0.25, -0.2) is 0 Å². The quantitative estimate of drug-likeness (QED) is 0.654. The van der Waals surface area contributed by atoms with Gasteiger partial charge in [0.25, 0.3) is 0 Å². The zero-order chi connectivity index (χ0) is 12.7. The van der Waals surface area contributed by atoms with Gasteiger partial charge in [0.2, 0.25) is 5.91 Å². The molecular formula is C12H23N3O2. The lowest BCUT2D eigenvalue weighted by molar-refractivity contribution is -0.131. The number of aliphatic hydroxyl groups excluding tert-OH is 1. The predicted molar refractivity (Wildman–Crippen MR) is 67.3 cm³/mol. The van der Waals surface area contributed by atoms with Gasteiger partial charge in [0.1, 0.15) is 0 Å². The molecule has 0 spiro atoms. The van der Waals surface area contributed by atoms with Crippen LogP contribution in [0.5, 0.6) is 0 Å². The average molecular weight is 241 g/mol. The third-order valence-corrected chi connectivity index (χ3v) is 3.13. The highest BCUT2D eigenvalue weighted by Gasteiger charge is 2.20. The molecule has 5 heteroatoms. The number of amides is 1. The first-order valence-corrected chi connectivity index (χ1v) is 6.13. The number of aliphatic hydroxyl groups is 1. The molecule has 0 atom stereocenters. The number of hydrogen-bond acceptors (Lipinski definition) is 4. The van der Waals surface area contributed by atoms with Crippen LogP contribution in [0.3, 0.4) is 0 Å². The lowest BCUT2D eigenvalue weighted by atomic mass is 10.3. The molecule has 0 aromatic heterocycles. The standard InChI is InChI=1S/C12H23N3O2/c1-3-15(4-2)12(17)11-14-7-5-13(6-8-14)9-10-16/h16H,1-11H2. The Morgan fingerprint density at radius 2 is 1.65 bits per heavy atom. The summed E-state index contributed by atoms with van der Waals surface area (Å²) in [5, 5.41) is 8.84. The Hall–Kier alpha value is -0.650. The Kier molecular flexibility index (Phi) is 6.47. The maximum atomic E-state index is 11.8. The molecule has 1 aliphatic heterocycles. The number of carbonyl (C=O) groups excluding carboxylic acids is 1. The van der Waals surface area contributed by atoms with Crippen LogP contribution in [-0.2, 0) is 4.79 Å². The summed E-state index contributed by atoms with van der Waals surface area (Å²) in [5.74, 6) is 0.102. The van der Waals surface area contributed by atoms with Crippen molar-refractivity contribution < 1.29 is 9.90 Å². The molecule has 0 aliphatic carbocycles. The van der Waals surface area contributed by atoms with Crippen molar-refractivity contribution in [3.8, 4) is 0 Å². The normalized spacial score (nSPS) is 18.3. The van der Waals surface area contributed by atoms with E-state index in [0.29, 0.717) is 19.6 Å². The summed E-state index contributed by atoms with van der Waals surface area (Å²) in [4.78, 5) is 17.8. The van der Waals surface area contributed by atoms with E-state index in [4.69, 9.17) is 5.11 Å². The van der Waals surface area contributed by atoms with Gasteiger partial charge in [0.15, 0.2) is 0 Å². The Labute approximate surface area is 104 Å². The number of hydrogen-bond donors (Lipinski definition) is 1. The lowest BCUT2D eigenvalue weighted by Crippen LogP contribution is -2.50. The number of β-amino-alcohol motifs (C(OH)–C–C–N with tert-alkyl or cyclic N) is 1. The van der Waals surface area contributed by atoms with E-state index >= 15 is 0 Å². The highest BCUT2D eigenvalue weighted by Crippen LogP contribution is 2.02. The van der Waals surface area contributed by atoms with Gasteiger partial charge in [-0.3, -0.25) is 14.6 Å². The van der Waals surface area contributed by atoms with E-state index in [1.165, 1.54) is 0 Å². The lowest BCUT2D eigenvalue weighted by Gasteiger charge is -2.34. The van der Waals surface area contributed by atoms with Gasteiger partial charge in [-0.1, -0.05) is 0 Å². The van der Waals surface area contributed by atoms with Gasteiger partial charge in [0, 0.05) is 45.8 Å². The van der Waals surface area contributed by atoms with E-state index < -0.39 is 0 Å². The van der Waals surface area contributed by atoms with Crippen molar-refractivity contribution >= 4 is 5.91 Å². The van der Waals surface area contributed by atoms with Gasteiger partial charge < -0.3 is 10.0 Å². The van der Waals surface area contributed by atoms with E-state index in [-0.39, 0.29) is 12.5 Å². The van der Waals surface area contributed by atoms with Crippen molar-refractivity contribution in [1.29, 1.82) is 0 Å². The molecule has 17 heavy (non-hydrogen) atoms. The maximum absolute atomic E-state index is 11.8. The third kappa shape index (κ3) is 4.61. The molecule has 0 unspecified atom stereocenters. The van der Waals surface area contributed by atoms with Crippen LogP contribution in [0.1, 0.15) is 0 Å². The largest absolute Gasteiger partial charge is 0.395 e. The fraction of sp³-hybridized carbons (Fsp3) is 0.750. The second-order valence-corrected chi connectivity index (χ2v) is 4.22. The molecule has 1 rings (SSSR count). The molecule has 1 fully saturated rings. The molecule has 1 amide bonds. The van der Waals surface area contributed by atoms with Crippen LogP contribution < -0.4 is 0 Å². The first kappa shape index (κ1) is 14.4. The topological polar surface area (TPSA) is 47.0 Å². The second-order valence-electron chi connectivity index (χ2n) is 4.22. The highest BCUT2D eigenvalue weighted by molar-refractivity contribution is 5.78. The number of nitrogens with zero attached hydrogens (tertiary/aromatic N) is 3. The first-order chi connectivity index (χ1) is 8.21. The molecule has 0 saturated carbocycles. The van der Waals surface area contributed by atoms with Crippen LogP contribution in [-0.4, -0.2) is 84.7 Å². The monoisotopic (exact) mass is 241 g/mol. The fourth-order valence-electron chi connectivity index (χ4n) is 1.96. The molecule has 0 aromatic rings. The van der Waals surface area contributed by atoms with Crippen LogP contribution in [0.25, 0.3) is 0 Å². The van der Waals surface area contributed by atoms with Crippen molar-refractivity contribution in [3.05, 3.63) is 13.8 Å². The van der Waals surface area contributed by atoms with E-state index in [1.807, 2.05) is 0 Å². The minimum absolute atomic E-state index is 0.102. The molecule has 1 heterocycles. The smallest absolute Gasteiger partial charge is 0.236 e. The molecule has 2 radical (unpaired) electrons. The van der Waals surface area contributed by atoms with Crippen molar-refractivity contribution in [2.45, 2.75) is 0 Å². The molecule has 1 N–H and O–H groups in total. The first-order valence-electron chi connectivity index (χ1n) is 6.13. The predicted octanol–water partition coefficient (Wildman–Crippen LogP) is -0.907. The van der Waals surface area contributed by atoms with Crippen molar-refractivity contribution in [2.75, 3.05) is 59.0 Å². The molecule has 0 aromatic carbocycles. The van der Waals surface area contributed by atoms with E-state index in [2.05, 4.69) is 23.6 Å². The summed E-state index contributed by atoms with van der Waals surface area (Å²) in [7, 11) is 0. The van der Waals surface area contributed by atoms with E-state index in [9.17, 15) is 4.79 Å². The molecular weight excluding hydrogens is 218 g/mol. The summed E-state index contributed by atoms with van der Waals surface area (Å²) in [6.45, 7) is 13.4. The van der Waals surface area contributed by atoms with Gasteiger partial charge in [-0.15, -0.1) is 0 Å². The van der Waals surface area contributed by atoms with Crippen LogP contribution in [0.15, 0.2) is 0 Å². The zero-order valence-electron chi connectivity index (χ0n) is 10.5. The number of carbonyl (C=O) groups is 1. The Morgan fingerprint density at radius 3 is 2.12 bits per heavy atom. The van der Waals surface area contributed by atoms with Crippen molar-refractivity contribution in [3.63, 3.8) is 0 Å². The average Bonchev–Trinajstić information content (AvgIpc) is 2.33. The number of piperazine rings is 1. The SMILES string of the molecule is [CH2]CN(C[CH2])C(=O)CN1CCN(CCO)CC1. The minimum atomic E-state index is 0.102. The maximum Gasteiger partial charge on any atom is 0.236 e. The third-order valence-electron chi connectivity index (χ3n) is 3.13. The summed E-state index contributed by atoms with van der Waals surface area (Å²) < 4.78 is 0. The Bertz CT molecular complexity index is 224. The van der Waals surface area contributed by atoms with Crippen LogP contribution in [0.2, 0.25) is 0 Å². The summed E-state index contributed by atoms with van der Waals surface area (Å²) >= 11 is 0. The Morgan fingerprint density at radius 1 is 1.12 bits per heavy atom. The molecule has 1 aliphatic rings. The molecule has 1 saturated heterocycles.